The first-order valence-corrected chi connectivity index (χ1v) is 10.9. The lowest BCUT2D eigenvalue weighted by Crippen LogP contribution is -2.29. The molecular formula is C24H13F2N3O5S. The average Bonchev–Trinajstić information content (AvgIpc) is 3.37. The smallest absolute Gasteiger partial charge is 0.301 e. The number of nitro groups is 1. The van der Waals surface area contributed by atoms with Gasteiger partial charge in [0.25, 0.3) is 11.5 Å². The summed E-state index contributed by atoms with van der Waals surface area (Å²) in [6.45, 7) is 0. The number of halogens is 2. The largest absolute Gasteiger partial charge is 0.507 e. The molecule has 8 nitrogen and oxygen atoms in total. The number of aliphatic hydroxyl groups excluding tert-OH is 1. The average molecular weight is 493 g/mol. The fraction of sp³-hybridized carbons (Fsp3) is 0.0417. The molecule has 1 aromatic heterocycles. The second kappa shape index (κ2) is 8.37. The lowest BCUT2D eigenvalue weighted by atomic mass is 9.95. The summed E-state index contributed by atoms with van der Waals surface area (Å²) in [5, 5.41) is 22.4. The maximum Gasteiger partial charge on any atom is 0.301 e. The van der Waals surface area contributed by atoms with Gasteiger partial charge in [-0.2, -0.15) is 0 Å². The Kier molecular flexibility index (Phi) is 5.33. The fourth-order valence-electron chi connectivity index (χ4n) is 3.91. The van der Waals surface area contributed by atoms with E-state index in [2.05, 4.69) is 4.98 Å². The molecule has 1 atom stereocenters. The number of ketones is 1. The molecule has 0 saturated carbocycles. The first kappa shape index (κ1) is 22.3. The van der Waals surface area contributed by atoms with Crippen molar-refractivity contribution in [3.05, 3.63) is 105 Å². The van der Waals surface area contributed by atoms with E-state index in [-0.39, 0.29) is 27.5 Å². The monoisotopic (exact) mass is 493 g/mol. The van der Waals surface area contributed by atoms with Gasteiger partial charge in [-0.1, -0.05) is 23.5 Å². The Morgan fingerprint density at radius 3 is 2.46 bits per heavy atom. The Labute approximate surface area is 199 Å². The van der Waals surface area contributed by atoms with Crippen LogP contribution in [0.15, 0.2) is 72.3 Å². The third-order valence-electron chi connectivity index (χ3n) is 5.50. The number of nitrogens with zero attached hydrogens (tertiary/aromatic N) is 3. The number of hydrogen-bond donors (Lipinski definition) is 1. The molecule has 3 aromatic carbocycles. The molecule has 0 aliphatic carbocycles. The molecule has 0 spiro atoms. The third-order valence-corrected chi connectivity index (χ3v) is 6.52. The maximum absolute atomic E-state index is 13.7. The number of thiazole rings is 1. The number of nitro benzene ring substituents is 1. The number of anilines is 1. The highest BCUT2D eigenvalue weighted by Crippen LogP contribution is 2.44. The van der Waals surface area contributed by atoms with Crippen molar-refractivity contribution in [2.45, 2.75) is 6.04 Å². The van der Waals surface area contributed by atoms with Crippen LogP contribution >= 0.6 is 11.3 Å². The Bertz CT molecular complexity index is 1570. The molecular weight excluding hydrogens is 480 g/mol. The van der Waals surface area contributed by atoms with Crippen LogP contribution in [0, 0.1) is 21.7 Å². The van der Waals surface area contributed by atoms with E-state index in [1.807, 2.05) is 0 Å². The van der Waals surface area contributed by atoms with Crippen LogP contribution in [0.4, 0.5) is 19.6 Å². The van der Waals surface area contributed by atoms with Gasteiger partial charge in [0.2, 0.25) is 0 Å². The van der Waals surface area contributed by atoms with Crippen LogP contribution in [-0.2, 0) is 9.59 Å². The van der Waals surface area contributed by atoms with Gasteiger partial charge in [0.05, 0.1) is 26.8 Å². The van der Waals surface area contributed by atoms with Gasteiger partial charge in [0, 0.05) is 17.7 Å². The Morgan fingerprint density at radius 2 is 1.74 bits per heavy atom. The van der Waals surface area contributed by atoms with E-state index < -0.39 is 40.0 Å². The van der Waals surface area contributed by atoms with Crippen molar-refractivity contribution in [2.75, 3.05) is 4.90 Å². The van der Waals surface area contributed by atoms with Crippen LogP contribution in [0.1, 0.15) is 17.2 Å². The number of Topliss-reactive ketones (excluding diaryl/α,β-unsaturated/α-hetero) is 1. The zero-order valence-corrected chi connectivity index (χ0v) is 18.3. The van der Waals surface area contributed by atoms with E-state index in [1.54, 1.807) is 0 Å². The van der Waals surface area contributed by atoms with Crippen molar-refractivity contribution in [2.24, 2.45) is 0 Å². The molecule has 0 unspecified atom stereocenters. The minimum atomic E-state index is -1.27. The zero-order chi connectivity index (χ0) is 24.9. The Balaban J connectivity index is 1.75. The summed E-state index contributed by atoms with van der Waals surface area (Å²) >= 11 is 0.949. The summed E-state index contributed by atoms with van der Waals surface area (Å²) in [5.74, 6) is -3.73. The molecule has 2 heterocycles. The second-order valence-corrected chi connectivity index (χ2v) is 8.65. The molecule has 4 aromatic rings. The molecule has 1 fully saturated rings. The van der Waals surface area contributed by atoms with Crippen LogP contribution in [0.5, 0.6) is 0 Å². The molecule has 1 N–H and O–H groups in total. The summed E-state index contributed by atoms with van der Waals surface area (Å²) in [6, 6.07) is 12.5. The lowest BCUT2D eigenvalue weighted by Gasteiger charge is -2.22. The van der Waals surface area contributed by atoms with E-state index in [0.29, 0.717) is 10.2 Å². The Morgan fingerprint density at radius 1 is 1.03 bits per heavy atom. The summed E-state index contributed by atoms with van der Waals surface area (Å²) in [7, 11) is 0. The van der Waals surface area contributed by atoms with E-state index in [9.17, 15) is 33.6 Å². The van der Waals surface area contributed by atoms with Crippen molar-refractivity contribution < 1.29 is 28.4 Å². The number of amides is 1. The quantitative estimate of drug-likeness (QED) is 0.139. The number of aromatic nitrogens is 1. The first-order valence-electron chi connectivity index (χ1n) is 10.1. The summed E-state index contributed by atoms with van der Waals surface area (Å²) in [6.07, 6.45) is 0. The van der Waals surface area contributed by atoms with Crippen molar-refractivity contribution in [3.63, 3.8) is 0 Å². The number of fused-ring (bicyclic) bond motifs is 1. The molecule has 174 valence electrons. The molecule has 5 rings (SSSR count). The predicted molar refractivity (Wildman–Crippen MR) is 124 cm³/mol. The highest BCUT2D eigenvalue weighted by atomic mass is 32.1. The molecule has 0 radical (unpaired) electrons. The summed E-state index contributed by atoms with van der Waals surface area (Å²) in [5.41, 5.74) is -0.00267. The second-order valence-electron chi connectivity index (χ2n) is 7.64. The van der Waals surface area contributed by atoms with E-state index in [4.69, 9.17) is 0 Å². The van der Waals surface area contributed by atoms with Crippen LogP contribution in [-0.4, -0.2) is 26.7 Å². The number of rotatable bonds is 4. The topological polar surface area (TPSA) is 114 Å². The Hall–Kier alpha value is -4.51. The molecule has 1 saturated heterocycles. The number of aliphatic hydroxyl groups is 1. The van der Waals surface area contributed by atoms with E-state index in [1.165, 1.54) is 54.6 Å². The summed E-state index contributed by atoms with van der Waals surface area (Å²) in [4.78, 5) is 42.5. The van der Waals surface area contributed by atoms with Gasteiger partial charge < -0.3 is 5.11 Å². The standard InChI is InChI=1S/C24H13F2N3O5S/c25-14-6-4-12(5-7-14)21(30)19-20(13-2-1-3-16(10-13)29(33)34)28(23(32)22(19)31)24-27-17-9-8-15(26)11-18(17)35-24/h1-11,20,30H/b21-19+/t20-/m1/s1. The first-order chi connectivity index (χ1) is 16.7. The van der Waals surface area contributed by atoms with Gasteiger partial charge in [-0.15, -0.1) is 0 Å². The van der Waals surface area contributed by atoms with Gasteiger partial charge >= 0.3 is 5.91 Å². The molecule has 0 bridgehead atoms. The number of carbonyl (C=O) groups is 2. The van der Waals surface area contributed by atoms with Crippen LogP contribution in [0.2, 0.25) is 0 Å². The number of carbonyl (C=O) groups excluding carboxylic acids is 2. The fourth-order valence-corrected chi connectivity index (χ4v) is 4.92. The minimum absolute atomic E-state index is 0.0439. The normalized spacial score (nSPS) is 17.3. The van der Waals surface area contributed by atoms with Crippen molar-refractivity contribution in [1.82, 2.24) is 4.98 Å². The van der Waals surface area contributed by atoms with Crippen molar-refractivity contribution in [3.8, 4) is 0 Å². The highest BCUT2D eigenvalue weighted by Gasteiger charge is 2.48. The van der Waals surface area contributed by atoms with E-state index >= 15 is 0 Å². The van der Waals surface area contributed by atoms with Crippen LogP contribution in [0.25, 0.3) is 16.0 Å². The third kappa shape index (κ3) is 3.81. The van der Waals surface area contributed by atoms with Gasteiger partial charge in [-0.05, 0) is 48.0 Å². The maximum atomic E-state index is 13.7. The van der Waals surface area contributed by atoms with Crippen LogP contribution in [0.3, 0.4) is 0 Å². The van der Waals surface area contributed by atoms with Crippen molar-refractivity contribution in [1.29, 1.82) is 0 Å². The molecule has 1 amide bonds. The predicted octanol–water partition coefficient (Wildman–Crippen LogP) is 5.11. The van der Waals surface area contributed by atoms with Gasteiger partial charge in [-0.3, -0.25) is 24.6 Å². The van der Waals surface area contributed by atoms with Gasteiger partial charge in [0.15, 0.2) is 5.13 Å². The van der Waals surface area contributed by atoms with Crippen LogP contribution < -0.4 is 4.90 Å². The van der Waals surface area contributed by atoms with E-state index in [0.717, 1.165) is 28.4 Å². The number of hydrogen-bond acceptors (Lipinski definition) is 7. The molecule has 1 aliphatic rings. The SMILES string of the molecule is O=C1C(=O)N(c2nc3ccc(F)cc3s2)[C@H](c2cccc([N+](=O)[O-])c2)/C1=C(\O)c1ccc(F)cc1. The lowest BCUT2D eigenvalue weighted by molar-refractivity contribution is -0.384. The van der Waals surface area contributed by atoms with Gasteiger partial charge in [0.1, 0.15) is 17.4 Å². The highest BCUT2D eigenvalue weighted by molar-refractivity contribution is 7.22. The van der Waals surface area contributed by atoms with Gasteiger partial charge in [-0.25, -0.2) is 13.8 Å². The number of benzene rings is 3. The zero-order valence-electron chi connectivity index (χ0n) is 17.5. The minimum Gasteiger partial charge on any atom is -0.507 e. The molecule has 11 heteroatoms. The summed E-state index contributed by atoms with van der Waals surface area (Å²) < 4.78 is 27.6. The van der Waals surface area contributed by atoms with Crippen molar-refractivity contribution >= 4 is 49.8 Å². The number of non-ortho nitro benzene ring substituents is 1. The molecule has 1 aliphatic heterocycles. The molecule has 35 heavy (non-hydrogen) atoms.